The fraction of sp³-hybridized carbons (Fsp3) is 0.160. The van der Waals surface area contributed by atoms with Crippen LogP contribution in [0.15, 0.2) is 88.6 Å². The summed E-state index contributed by atoms with van der Waals surface area (Å²) < 4.78 is 47.6. The third kappa shape index (κ3) is 4.97. The van der Waals surface area contributed by atoms with Crippen molar-refractivity contribution in [2.75, 3.05) is 13.7 Å². The summed E-state index contributed by atoms with van der Waals surface area (Å²) in [6, 6.07) is 21.5. The second-order valence-corrected chi connectivity index (χ2v) is 9.49. The maximum atomic E-state index is 14.4. The monoisotopic (exact) mass is 466 g/mol. The number of hydrogen-bond acceptors (Lipinski definition) is 4. The lowest BCUT2D eigenvalue weighted by Gasteiger charge is -2.22. The first-order valence-corrected chi connectivity index (χ1v) is 11.8. The van der Waals surface area contributed by atoms with Crippen LogP contribution < -0.4 is 10.3 Å². The summed E-state index contributed by atoms with van der Waals surface area (Å²) in [6.45, 7) is -0.110. The van der Waals surface area contributed by atoms with E-state index in [4.69, 9.17) is 4.74 Å². The Labute approximate surface area is 191 Å². The van der Waals surface area contributed by atoms with E-state index < -0.39 is 26.3 Å². The molecule has 8 heteroatoms. The molecule has 0 spiro atoms. The molecular formula is C25H23FN2O4S. The van der Waals surface area contributed by atoms with Gasteiger partial charge in [0, 0.05) is 24.7 Å². The summed E-state index contributed by atoms with van der Waals surface area (Å²) >= 11 is 0. The maximum absolute atomic E-state index is 14.4. The third-order valence-corrected chi connectivity index (χ3v) is 7.30. The highest BCUT2D eigenvalue weighted by Gasteiger charge is 2.28. The Morgan fingerprint density at radius 2 is 1.70 bits per heavy atom. The SMILES string of the molecule is COc1ccc2cc(CN(CCc3ccccc3)S(=O)(=O)c3ccccc3F)c(=O)[nH]c2c1. The van der Waals surface area contributed by atoms with Crippen LogP contribution >= 0.6 is 0 Å². The number of methoxy groups -OCH3 is 1. The van der Waals surface area contributed by atoms with Gasteiger partial charge in [-0.25, -0.2) is 12.8 Å². The number of aromatic nitrogens is 1. The molecule has 33 heavy (non-hydrogen) atoms. The van der Waals surface area contributed by atoms with Crippen molar-refractivity contribution in [3.63, 3.8) is 0 Å². The number of H-pyrrole nitrogens is 1. The van der Waals surface area contributed by atoms with Crippen LogP contribution in [0.1, 0.15) is 11.1 Å². The molecule has 0 saturated carbocycles. The molecular weight excluding hydrogens is 443 g/mol. The van der Waals surface area contributed by atoms with E-state index in [0.29, 0.717) is 17.7 Å². The molecule has 0 unspecified atom stereocenters. The van der Waals surface area contributed by atoms with Crippen LogP contribution in [0.3, 0.4) is 0 Å². The van der Waals surface area contributed by atoms with Crippen LogP contribution in [-0.4, -0.2) is 31.4 Å². The van der Waals surface area contributed by atoms with Crippen LogP contribution in [0.2, 0.25) is 0 Å². The van der Waals surface area contributed by atoms with Crippen molar-refractivity contribution in [2.24, 2.45) is 0 Å². The highest BCUT2D eigenvalue weighted by atomic mass is 32.2. The molecule has 0 aliphatic heterocycles. The molecule has 0 saturated heterocycles. The standard InChI is InChI=1S/C25H23FN2O4S/c1-32-21-12-11-19-15-20(25(29)27-23(19)16-21)17-28(14-13-18-7-3-2-4-8-18)33(30,31)24-10-6-5-9-22(24)26/h2-12,15-16H,13-14,17H2,1H3,(H,27,29). The average Bonchev–Trinajstić information content (AvgIpc) is 2.82. The van der Waals surface area contributed by atoms with Gasteiger partial charge in [-0.1, -0.05) is 42.5 Å². The van der Waals surface area contributed by atoms with Gasteiger partial charge in [0.15, 0.2) is 0 Å². The Bertz CT molecular complexity index is 1440. The van der Waals surface area contributed by atoms with Gasteiger partial charge in [0.05, 0.1) is 12.6 Å². The molecule has 0 bridgehead atoms. The number of hydrogen-bond donors (Lipinski definition) is 1. The van der Waals surface area contributed by atoms with Gasteiger partial charge in [-0.2, -0.15) is 4.31 Å². The summed E-state index contributed by atoms with van der Waals surface area (Å²) in [4.78, 5) is 15.1. The third-order valence-electron chi connectivity index (χ3n) is 5.42. The number of rotatable bonds is 8. The minimum Gasteiger partial charge on any atom is -0.497 e. The molecule has 0 radical (unpaired) electrons. The van der Waals surface area contributed by atoms with E-state index in [1.165, 1.54) is 25.3 Å². The Balaban J connectivity index is 1.72. The maximum Gasteiger partial charge on any atom is 0.252 e. The van der Waals surface area contributed by atoms with E-state index in [0.717, 1.165) is 21.3 Å². The van der Waals surface area contributed by atoms with Crippen molar-refractivity contribution < 1.29 is 17.5 Å². The fourth-order valence-corrected chi connectivity index (χ4v) is 5.12. The van der Waals surface area contributed by atoms with Crippen molar-refractivity contribution in [3.05, 3.63) is 106 Å². The average molecular weight is 467 g/mol. The minimum absolute atomic E-state index is 0.0841. The Morgan fingerprint density at radius 3 is 2.42 bits per heavy atom. The smallest absolute Gasteiger partial charge is 0.252 e. The van der Waals surface area contributed by atoms with Gasteiger partial charge < -0.3 is 9.72 Å². The van der Waals surface area contributed by atoms with E-state index in [1.54, 1.807) is 24.3 Å². The van der Waals surface area contributed by atoms with Crippen molar-refractivity contribution in [1.29, 1.82) is 0 Å². The number of sulfonamides is 1. The van der Waals surface area contributed by atoms with Crippen LogP contribution in [0.5, 0.6) is 5.75 Å². The summed E-state index contributed by atoms with van der Waals surface area (Å²) in [5, 5.41) is 0.733. The molecule has 3 aromatic carbocycles. The quantitative estimate of drug-likeness (QED) is 0.424. The van der Waals surface area contributed by atoms with Crippen LogP contribution in [0.4, 0.5) is 4.39 Å². The first-order chi connectivity index (χ1) is 15.9. The van der Waals surface area contributed by atoms with Gasteiger partial charge >= 0.3 is 0 Å². The first kappa shape index (κ1) is 22.7. The van der Waals surface area contributed by atoms with Gasteiger partial charge in [-0.05, 0) is 47.7 Å². The molecule has 0 aliphatic rings. The van der Waals surface area contributed by atoms with Gasteiger partial charge in [0.2, 0.25) is 10.0 Å². The highest BCUT2D eigenvalue weighted by molar-refractivity contribution is 7.89. The number of aromatic amines is 1. The number of nitrogens with zero attached hydrogens (tertiary/aromatic N) is 1. The second-order valence-electron chi connectivity index (χ2n) is 7.58. The second kappa shape index (κ2) is 9.56. The van der Waals surface area contributed by atoms with Crippen LogP contribution in [0.25, 0.3) is 10.9 Å². The lowest BCUT2D eigenvalue weighted by atomic mass is 10.1. The largest absolute Gasteiger partial charge is 0.497 e. The first-order valence-electron chi connectivity index (χ1n) is 10.4. The molecule has 0 amide bonds. The van der Waals surface area contributed by atoms with E-state index >= 15 is 0 Å². The fourth-order valence-electron chi connectivity index (χ4n) is 3.64. The zero-order valence-corrected chi connectivity index (χ0v) is 18.8. The van der Waals surface area contributed by atoms with E-state index in [1.807, 2.05) is 30.3 Å². The van der Waals surface area contributed by atoms with Gasteiger partial charge in [-0.15, -0.1) is 0 Å². The minimum atomic E-state index is -4.20. The molecule has 4 rings (SSSR count). The topological polar surface area (TPSA) is 79.5 Å². The molecule has 6 nitrogen and oxygen atoms in total. The Hall–Kier alpha value is -3.49. The van der Waals surface area contributed by atoms with Crippen molar-refractivity contribution in [3.8, 4) is 5.75 Å². The highest BCUT2D eigenvalue weighted by Crippen LogP contribution is 2.23. The molecule has 170 valence electrons. The summed E-state index contributed by atoms with van der Waals surface area (Å²) in [5.41, 5.74) is 1.37. The van der Waals surface area contributed by atoms with Crippen molar-refractivity contribution in [1.82, 2.24) is 9.29 Å². The Kier molecular flexibility index (Phi) is 6.57. The lowest BCUT2D eigenvalue weighted by molar-refractivity contribution is 0.404. The number of fused-ring (bicyclic) bond motifs is 1. The van der Waals surface area contributed by atoms with E-state index in [-0.39, 0.29) is 18.7 Å². The van der Waals surface area contributed by atoms with Gasteiger partial charge in [0.1, 0.15) is 16.5 Å². The van der Waals surface area contributed by atoms with Crippen LogP contribution in [-0.2, 0) is 23.0 Å². The number of benzene rings is 3. The molecule has 1 aromatic heterocycles. The van der Waals surface area contributed by atoms with Crippen LogP contribution in [0, 0.1) is 5.82 Å². The molecule has 1 N–H and O–H groups in total. The number of ether oxygens (including phenoxy) is 1. The number of nitrogens with one attached hydrogen (secondary N) is 1. The molecule has 1 heterocycles. The molecule has 0 aliphatic carbocycles. The zero-order valence-electron chi connectivity index (χ0n) is 18.0. The number of halogens is 1. The van der Waals surface area contributed by atoms with Crippen molar-refractivity contribution >= 4 is 20.9 Å². The predicted molar refractivity (Wildman–Crippen MR) is 125 cm³/mol. The Morgan fingerprint density at radius 1 is 0.970 bits per heavy atom. The lowest BCUT2D eigenvalue weighted by Crippen LogP contribution is -2.35. The summed E-state index contributed by atoms with van der Waals surface area (Å²) in [5.74, 6) is -0.237. The van der Waals surface area contributed by atoms with Gasteiger partial charge in [-0.3, -0.25) is 4.79 Å². The normalized spacial score (nSPS) is 11.7. The predicted octanol–water partition coefficient (Wildman–Crippen LogP) is 4.11. The number of pyridine rings is 1. The molecule has 4 aromatic rings. The molecule has 0 atom stereocenters. The zero-order chi connectivity index (χ0) is 23.4. The summed E-state index contributed by atoms with van der Waals surface area (Å²) in [7, 11) is -2.66. The molecule has 0 fully saturated rings. The van der Waals surface area contributed by atoms with E-state index in [2.05, 4.69) is 4.98 Å². The summed E-state index contributed by atoms with van der Waals surface area (Å²) in [6.07, 6.45) is 0.414. The van der Waals surface area contributed by atoms with Gasteiger partial charge in [0.25, 0.3) is 5.56 Å². The van der Waals surface area contributed by atoms with Crippen molar-refractivity contribution in [2.45, 2.75) is 17.9 Å². The van der Waals surface area contributed by atoms with E-state index in [9.17, 15) is 17.6 Å².